The summed E-state index contributed by atoms with van der Waals surface area (Å²) in [6.07, 6.45) is -0.00815. The average molecular weight is 533 g/mol. The van der Waals surface area contributed by atoms with Crippen molar-refractivity contribution in [1.29, 1.82) is 0 Å². The lowest BCUT2D eigenvalue weighted by Gasteiger charge is -2.30. The van der Waals surface area contributed by atoms with E-state index in [0.29, 0.717) is 17.5 Å². The molecular formula is C28H37O8P. The molecule has 0 bridgehead atoms. The number of carbonyl (C=O) groups excluding carboxylic acids is 2. The maximum Gasteiger partial charge on any atom is 0.310 e. The lowest BCUT2D eigenvalue weighted by atomic mass is 10.0. The van der Waals surface area contributed by atoms with Crippen molar-refractivity contribution in [3.05, 3.63) is 48.5 Å². The normalized spacial score (nSPS) is 17.4. The smallest absolute Gasteiger partial charge is 0.310 e. The zero-order valence-electron chi connectivity index (χ0n) is 22.2. The molecule has 0 fully saturated rings. The maximum absolute atomic E-state index is 14.3. The van der Waals surface area contributed by atoms with Gasteiger partial charge in [0.1, 0.15) is 12.4 Å². The summed E-state index contributed by atoms with van der Waals surface area (Å²) in [6.45, 7) is 7.95. The van der Waals surface area contributed by atoms with Crippen molar-refractivity contribution in [1.82, 2.24) is 0 Å². The van der Waals surface area contributed by atoms with E-state index in [1.165, 1.54) is 0 Å². The summed E-state index contributed by atoms with van der Waals surface area (Å²) >= 11 is 0. The third kappa shape index (κ3) is 7.91. The van der Waals surface area contributed by atoms with Gasteiger partial charge in [-0.1, -0.05) is 36.4 Å². The number of ether oxygens (including phenoxy) is 4. The Hall–Kier alpha value is -2.67. The summed E-state index contributed by atoms with van der Waals surface area (Å²) < 4.78 is 42.0. The topological polar surface area (TPSA) is 97.4 Å². The molecule has 0 radical (unpaired) electrons. The number of rotatable bonds is 13. The average Bonchev–Trinajstić information content (AvgIpc) is 2.86. The molecule has 2 aromatic rings. The van der Waals surface area contributed by atoms with Gasteiger partial charge in [-0.25, -0.2) is 0 Å². The molecule has 0 saturated carbocycles. The van der Waals surface area contributed by atoms with Gasteiger partial charge in [0.05, 0.1) is 48.7 Å². The summed E-state index contributed by atoms with van der Waals surface area (Å²) in [4.78, 5) is 25.8. The fourth-order valence-corrected chi connectivity index (χ4v) is 6.52. The number of fused-ring (bicyclic) bond motifs is 3. The highest BCUT2D eigenvalue weighted by atomic mass is 31.2. The summed E-state index contributed by atoms with van der Waals surface area (Å²) in [6, 6.07) is 14.6. The van der Waals surface area contributed by atoms with Crippen LogP contribution in [0.4, 0.5) is 0 Å². The number of esters is 2. The van der Waals surface area contributed by atoms with Crippen molar-refractivity contribution in [2.45, 2.75) is 52.2 Å². The Balaban J connectivity index is 1.80. The largest absolute Gasteiger partial charge is 0.465 e. The molecular weight excluding hydrogens is 495 g/mol. The molecule has 0 saturated heterocycles. The first-order chi connectivity index (χ1) is 17.5. The van der Waals surface area contributed by atoms with Crippen LogP contribution < -0.4 is 9.83 Å². The van der Waals surface area contributed by atoms with Crippen LogP contribution in [-0.2, 0) is 33.1 Å². The van der Waals surface area contributed by atoms with Crippen LogP contribution in [0.1, 0.15) is 40.5 Å². The highest BCUT2D eigenvalue weighted by molar-refractivity contribution is 7.67. The molecule has 0 aromatic heterocycles. The lowest BCUT2D eigenvalue weighted by molar-refractivity contribution is -0.156. The van der Waals surface area contributed by atoms with E-state index < -0.39 is 30.8 Å². The van der Waals surface area contributed by atoms with Gasteiger partial charge in [0, 0.05) is 19.1 Å². The van der Waals surface area contributed by atoms with E-state index in [0.717, 1.165) is 11.1 Å². The number of hydrogen-bond acceptors (Lipinski definition) is 8. The highest BCUT2D eigenvalue weighted by Gasteiger charge is 2.41. The van der Waals surface area contributed by atoms with Gasteiger partial charge in [-0.3, -0.25) is 14.2 Å². The molecule has 1 aliphatic heterocycles. The first-order valence-corrected chi connectivity index (χ1v) is 14.3. The minimum absolute atomic E-state index is 0.00861. The SMILES string of the molecule is COC(C)(C)CCOC(=O)C(CC(=O)OCCOC(C)C)CP1(=O)Oc2ccccc2-c2ccccc21. The zero-order chi connectivity index (χ0) is 27.1. The second-order valence-corrected chi connectivity index (χ2v) is 12.3. The summed E-state index contributed by atoms with van der Waals surface area (Å²) in [5.41, 5.74) is 1.14. The van der Waals surface area contributed by atoms with E-state index >= 15 is 0 Å². The van der Waals surface area contributed by atoms with Gasteiger partial charge in [-0.15, -0.1) is 0 Å². The molecule has 0 amide bonds. The van der Waals surface area contributed by atoms with Gasteiger partial charge in [-0.2, -0.15) is 0 Å². The molecule has 0 aliphatic carbocycles. The molecule has 2 unspecified atom stereocenters. The number of para-hydroxylation sites is 1. The van der Waals surface area contributed by atoms with E-state index in [1.54, 1.807) is 31.4 Å². The Morgan fingerprint density at radius 2 is 1.62 bits per heavy atom. The quantitative estimate of drug-likeness (QED) is 0.202. The molecule has 3 rings (SSSR count). The summed E-state index contributed by atoms with van der Waals surface area (Å²) in [7, 11) is -1.99. The first kappa shape index (κ1) is 28.9. The molecule has 1 heterocycles. The van der Waals surface area contributed by atoms with Crippen molar-refractivity contribution in [3.8, 4) is 16.9 Å². The number of benzene rings is 2. The Labute approximate surface area is 219 Å². The molecule has 2 atom stereocenters. The third-order valence-corrected chi connectivity index (χ3v) is 8.74. The maximum atomic E-state index is 14.3. The third-order valence-electron chi connectivity index (χ3n) is 6.20. The van der Waals surface area contributed by atoms with Crippen LogP contribution in [0.2, 0.25) is 0 Å². The number of carbonyl (C=O) groups is 2. The Morgan fingerprint density at radius 3 is 2.32 bits per heavy atom. The molecule has 37 heavy (non-hydrogen) atoms. The van der Waals surface area contributed by atoms with Gasteiger partial charge in [0.25, 0.3) is 7.37 Å². The second kappa shape index (κ2) is 12.7. The van der Waals surface area contributed by atoms with Crippen molar-refractivity contribution < 1.29 is 37.6 Å². The second-order valence-electron chi connectivity index (χ2n) is 9.88. The molecule has 0 N–H and O–H groups in total. The standard InChI is InChI=1S/C28H37O8P/c1-20(2)33-16-17-34-26(29)18-21(27(30)35-15-14-28(3,4)32-5)19-37(31)25-13-9-7-11-23(25)22-10-6-8-12-24(22)36-37/h6-13,20-21H,14-19H2,1-5H3. The van der Waals surface area contributed by atoms with Gasteiger partial charge < -0.3 is 23.5 Å². The Kier molecular flexibility index (Phi) is 9.93. The van der Waals surface area contributed by atoms with Crippen LogP contribution in [0, 0.1) is 5.92 Å². The van der Waals surface area contributed by atoms with E-state index in [4.69, 9.17) is 23.5 Å². The van der Waals surface area contributed by atoms with Crippen molar-refractivity contribution >= 4 is 24.6 Å². The summed E-state index contributed by atoms with van der Waals surface area (Å²) in [5.74, 6) is -1.76. The van der Waals surface area contributed by atoms with Crippen LogP contribution in [0.15, 0.2) is 48.5 Å². The van der Waals surface area contributed by atoms with Crippen LogP contribution in [0.5, 0.6) is 5.75 Å². The number of methoxy groups -OCH3 is 1. The van der Waals surface area contributed by atoms with Crippen LogP contribution in [0.25, 0.3) is 11.1 Å². The number of hydrogen-bond donors (Lipinski definition) is 0. The Morgan fingerprint density at radius 1 is 0.946 bits per heavy atom. The van der Waals surface area contributed by atoms with Gasteiger partial charge in [0.2, 0.25) is 0 Å². The molecule has 8 nitrogen and oxygen atoms in total. The molecule has 1 aliphatic rings. The monoisotopic (exact) mass is 532 g/mol. The van der Waals surface area contributed by atoms with Gasteiger partial charge >= 0.3 is 11.9 Å². The van der Waals surface area contributed by atoms with Crippen LogP contribution in [-0.4, -0.2) is 56.7 Å². The van der Waals surface area contributed by atoms with Crippen LogP contribution in [0.3, 0.4) is 0 Å². The molecule has 9 heteroatoms. The molecule has 2 aromatic carbocycles. The van der Waals surface area contributed by atoms with Gasteiger partial charge in [0.15, 0.2) is 0 Å². The van der Waals surface area contributed by atoms with E-state index in [1.807, 2.05) is 52.0 Å². The van der Waals surface area contributed by atoms with Gasteiger partial charge in [-0.05, 0) is 45.4 Å². The zero-order valence-corrected chi connectivity index (χ0v) is 23.1. The fraction of sp³-hybridized carbons (Fsp3) is 0.500. The van der Waals surface area contributed by atoms with Crippen molar-refractivity contribution in [2.75, 3.05) is 33.1 Å². The fourth-order valence-electron chi connectivity index (χ4n) is 3.94. The molecule has 202 valence electrons. The van der Waals surface area contributed by atoms with E-state index in [2.05, 4.69) is 0 Å². The first-order valence-electron chi connectivity index (χ1n) is 12.5. The predicted octanol–water partition coefficient (Wildman–Crippen LogP) is 4.98. The minimum atomic E-state index is -3.58. The molecule has 0 spiro atoms. The van der Waals surface area contributed by atoms with E-state index in [-0.39, 0.29) is 38.5 Å². The lowest BCUT2D eigenvalue weighted by Crippen LogP contribution is -2.31. The van der Waals surface area contributed by atoms with Crippen molar-refractivity contribution in [2.24, 2.45) is 5.92 Å². The minimum Gasteiger partial charge on any atom is -0.465 e. The Bertz CT molecular complexity index is 1130. The van der Waals surface area contributed by atoms with Crippen molar-refractivity contribution in [3.63, 3.8) is 0 Å². The highest BCUT2D eigenvalue weighted by Crippen LogP contribution is 2.55. The van der Waals surface area contributed by atoms with E-state index in [9.17, 15) is 14.2 Å². The van der Waals surface area contributed by atoms with Crippen LogP contribution >= 0.6 is 7.37 Å². The predicted molar refractivity (Wildman–Crippen MR) is 141 cm³/mol. The summed E-state index contributed by atoms with van der Waals surface area (Å²) in [5, 5.41) is 0.519.